The van der Waals surface area contributed by atoms with E-state index in [1.165, 1.54) is 24.1 Å². The fraction of sp³-hybridized carbons (Fsp3) is 0.355. The van der Waals surface area contributed by atoms with Crippen molar-refractivity contribution in [1.82, 2.24) is 9.88 Å². The van der Waals surface area contributed by atoms with Gasteiger partial charge in [0.25, 0.3) is 0 Å². The molecule has 3 amide bonds. The number of aromatic nitrogens is 1. The smallest absolute Gasteiger partial charge is 0.244 e. The van der Waals surface area contributed by atoms with Gasteiger partial charge in [0.15, 0.2) is 0 Å². The highest BCUT2D eigenvalue weighted by Gasteiger charge is 2.51. The maximum absolute atomic E-state index is 14.2. The SMILES string of the molecule is COc1ccc(F)cc1[C@@H]1CCC(C)(C)C(=O)N1CC(=O)Nc1ccc2c(c1)CC1(C2)C(=O)Nc2ncccc21. The Balaban J connectivity index is 1.23. The van der Waals surface area contributed by atoms with Crippen LogP contribution in [-0.4, -0.2) is 41.3 Å². The van der Waals surface area contributed by atoms with Crippen molar-refractivity contribution in [2.75, 3.05) is 24.3 Å². The molecule has 9 heteroatoms. The molecule has 0 radical (unpaired) electrons. The molecule has 2 atom stereocenters. The van der Waals surface area contributed by atoms with Gasteiger partial charge in [-0.05, 0) is 73.2 Å². The van der Waals surface area contributed by atoms with E-state index >= 15 is 0 Å². The van der Waals surface area contributed by atoms with Crippen LogP contribution in [0, 0.1) is 11.2 Å². The zero-order valence-electron chi connectivity index (χ0n) is 22.7. The number of amides is 3. The Morgan fingerprint density at radius 2 is 1.95 bits per heavy atom. The van der Waals surface area contributed by atoms with E-state index in [1.807, 2.05) is 44.2 Å². The minimum atomic E-state index is -0.697. The summed E-state index contributed by atoms with van der Waals surface area (Å²) >= 11 is 0. The van der Waals surface area contributed by atoms with E-state index in [-0.39, 0.29) is 24.3 Å². The number of fused-ring (bicyclic) bond motifs is 3. The average molecular weight is 543 g/mol. The second-order valence-corrected chi connectivity index (χ2v) is 11.6. The first kappa shape index (κ1) is 26.0. The molecule has 1 saturated heterocycles. The van der Waals surface area contributed by atoms with Crippen LogP contribution in [0.2, 0.25) is 0 Å². The Hall–Kier alpha value is -4.27. The fourth-order valence-electron chi connectivity index (χ4n) is 6.46. The molecule has 1 fully saturated rings. The molecule has 40 heavy (non-hydrogen) atoms. The first-order chi connectivity index (χ1) is 19.1. The van der Waals surface area contributed by atoms with Crippen molar-refractivity contribution < 1.29 is 23.5 Å². The van der Waals surface area contributed by atoms with Crippen LogP contribution in [0.15, 0.2) is 54.7 Å². The molecular weight excluding hydrogens is 511 g/mol. The number of benzene rings is 2. The predicted octanol–water partition coefficient (Wildman–Crippen LogP) is 4.55. The van der Waals surface area contributed by atoms with Crippen LogP contribution in [0.3, 0.4) is 0 Å². The lowest BCUT2D eigenvalue weighted by Crippen LogP contribution is -2.50. The molecule has 2 N–H and O–H groups in total. The Morgan fingerprint density at radius 1 is 1.15 bits per heavy atom. The average Bonchev–Trinajstić information content (AvgIpc) is 3.44. The number of carbonyl (C=O) groups is 3. The second kappa shape index (κ2) is 9.43. The maximum atomic E-state index is 14.2. The molecule has 206 valence electrons. The summed E-state index contributed by atoms with van der Waals surface area (Å²) in [5.74, 6) is 0.0701. The van der Waals surface area contributed by atoms with Gasteiger partial charge >= 0.3 is 0 Å². The van der Waals surface area contributed by atoms with Crippen molar-refractivity contribution in [1.29, 1.82) is 0 Å². The largest absolute Gasteiger partial charge is 0.496 e. The van der Waals surface area contributed by atoms with Crippen LogP contribution < -0.4 is 15.4 Å². The van der Waals surface area contributed by atoms with E-state index in [0.717, 1.165) is 16.7 Å². The number of nitrogens with zero attached hydrogens (tertiary/aromatic N) is 2. The minimum absolute atomic E-state index is 0.0620. The van der Waals surface area contributed by atoms with Gasteiger partial charge in [0.05, 0.1) is 18.6 Å². The van der Waals surface area contributed by atoms with Gasteiger partial charge in [-0.3, -0.25) is 14.4 Å². The summed E-state index contributed by atoms with van der Waals surface area (Å²) in [6, 6.07) is 13.2. The van der Waals surface area contributed by atoms with Crippen LogP contribution in [-0.2, 0) is 32.6 Å². The highest BCUT2D eigenvalue weighted by atomic mass is 19.1. The van der Waals surface area contributed by atoms with Crippen molar-refractivity contribution in [3.8, 4) is 5.75 Å². The lowest BCUT2D eigenvalue weighted by atomic mass is 9.78. The highest BCUT2D eigenvalue weighted by Crippen LogP contribution is 2.47. The third kappa shape index (κ3) is 4.20. The van der Waals surface area contributed by atoms with Crippen molar-refractivity contribution in [3.63, 3.8) is 0 Å². The zero-order valence-corrected chi connectivity index (χ0v) is 22.7. The second-order valence-electron chi connectivity index (χ2n) is 11.6. The lowest BCUT2D eigenvalue weighted by molar-refractivity contribution is -0.150. The molecule has 3 aromatic rings. The molecule has 3 heterocycles. The molecule has 8 nitrogen and oxygen atoms in total. The number of likely N-dealkylation sites (tertiary alicyclic amines) is 1. The van der Waals surface area contributed by atoms with E-state index in [2.05, 4.69) is 15.6 Å². The summed E-state index contributed by atoms with van der Waals surface area (Å²) in [7, 11) is 1.50. The number of anilines is 2. The molecule has 0 bridgehead atoms. The van der Waals surface area contributed by atoms with Crippen LogP contribution in [0.5, 0.6) is 5.75 Å². The van der Waals surface area contributed by atoms with Gasteiger partial charge in [-0.2, -0.15) is 0 Å². The molecule has 1 aromatic heterocycles. The standard InChI is InChI=1S/C31H31FN4O4/c1-30(2)11-10-24(22-14-20(32)7-9-25(22)40-3)36(29(30)39)17-26(37)34-21-8-6-18-15-31(16-19(18)13-21)23-5-4-12-33-27(23)35-28(31)38/h4-9,12-14,24H,10-11,15-17H2,1-3H3,(H,34,37)(H,33,35,38)/t24-,31?/m0/s1. The minimum Gasteiger partial charge on any atom is -0.496 e. The van der Waals surface area contributed by atoms with E-state index in [4.69, 9.17) is 4.74 Å². The van der Waals surface area contributed by atoms with Gasteiger partial charge in [-0.15, -0.1) is 0 Å². The Labute approximate surface area is 231 Å². The lowest BCUT2D eigenvalue weighted by Gasteiger charge is -2.43. The number of hydrogen-bond donors (Lipinski definition) is 2. The van der Waals surface area contributed by atoms with Gasteiger partial charge in [0.2, 0.25) is 17.7 Å². The Bertz CT molecular complexity index is 1550. The first-order valence-electron chi connectivity index (χ1n) is 13.4. The van der Waals surface area contributed by atoms with E-state index in [9.17, 15) is 18.8 Å². The van der Waals surface area contributed by atoms with Gasteiger partial charge in [-0.25, -0.2) is 9.37 Å². The Kier molecular flexibility index (Phi) is 6.12. The molecule has 0 saturated carbocycles. The van der Waals surface area contributed by atoms with Gasteiger partial charge < -0.3 is 20.3 Å². The summed E-state index contributed by atoms with van der Waals surface area (Å²) in [5.41, 5.74) is 2.73. The van der Waals surface area contributed by atoms with E-state index in [0.29, 0.717) is 48.5 Å². The number of methoxy groups -OCH3 is 1. The monoisotopic (exact) mass is 542 g/mol. The quantitative estimate of drug-likeness (QED) is 0.493. The summed E-state index contributed by atoms with van der Waals surface area (Å²) in [6.45, 7) is 3.54. The van der Waals surface area contributed by atoms with E-state index in [1.54, 1.807) is 12.3 Å². The molecule has 1 unspecified atom stereocenters. The number of pyridine rings is 1. The number of carbonyl (C=O) groups excluding carboxylic acids is 3. The topological polar surface area (TPSA) is 101 Å². The third-order valence-electron chi connectivity index (χ3n) is 8.59. The fourth-order valence-corrected chi connectivity index (χ4v) is 6.46. The first-order valence-corrected chi connectivity index (χ1v) is 13.4. The van der Waals surface area contributed by atoms with Crippen LogP contribution >= 0.6 is 0 Å². The van der Waals surface area contributed by atoms with Crippen molar-refractivity contribution >= 4 is 29.2 Å². The summed E-state index contributed by atoms with van der Waals surface area (Å²) < 4.78 is 19.7. The summed E-state index contributed by atoms with van der Waals surface area (Å²) in [5, 5.41) is 5.84. The molecule has 6 rings (SSSR count). The van der Waals surface area contributed by atoms with Crippen LogP contribution in [0.4, 0.5) is 15.9 Å². The number of hydrogen-bond acceptors (Lipinski definition) is 5. The molecule has 2 aliphatic heterocycles. The Morgan fingerprint density at radius 3 is 2.75 bits per heavy atom. The van der Waals surface area contributed by atoms with Gasteiger partial charge in [0, 0.05) is 28.4 Å². The number of rotatable bonds is 5. The van der Waals surface area contributed by atoms with Gasteiger partial charge in [0.1, 0.15) is 23.9 Å². The van der Waals surface area contributed by atoms with Crippen molar-refractivity contribution in [2.45, 2.75) is 51.0 Å². The normalized spacial score (nSPS) is 22.6. The van der Waals surface area contributed by atoms with Crippen molar-refractivity contribution in [3.05, 3.63) is 82.8 Å². The molecule has 3 aliphatic rings. The van der Waals surface area contributed by atoms with Crippen LogP contribution in [0.1, 0.15) is 55.0 Å². The van der Waals surface area contributed by atoms with Crippen LogP contribution in [0.25, 0.3) is 0 Å². The van der Waals surface area contributed by atoms with Crippen molar-refractivity contribution in [2.24, 2.45) is 5.41 Å². The number of halogens is 1. The van der Waals surface area contributed by atoms with E-state index < -0.39 is 22.7 Å². The number of nitrogens with one attached hydrogen (secondary N) is 2. The predicted molar refractivity (Wildman–Crippen MR) is 147 cm³/mol. The number of ether oxygens (including phenoxy) is 1. The molecule has 1 aliphatic carbocycles. The molecule has 2 aromatic carbocycles. The molecular formula is C31H31FN4O4. The summed E-state index contributed by atoms with van der Waals surface area (Å²) in [6.07, 6.45) is 3.92. The maximum Gasteiger partial charge on any atom is 0.244 e. The zero-order chi connectivity index (χ0) is 28.2. The molecule has 1 spiro atoms. The third-order valence-corrected chi connectivity index (χ3v) is 8.59. The highest BCUT2D eigenvalue weighted by molar-refractivity contribution is 6.06. The summed E-state index contributed by atoms with van der Waals surface area (Å²) in [4.78, 5) is 45.7. The number of piperidine rings is 1. The van der Waals surface area contributed by atoms with Gasteiger partial charge in [-0.1, -0.05) is 26.0 Å².